The fourth-order valence-electron chi connectivity index (χ4n) is 6.32. The molecule has 0 saturated carbocycles. The Morgan fingerprint density at radius 1 is 0.892 bits per heavy atom. The van der Waals surface area contributed by atoms with Crippen molar-refractivity contribution in [2.45, 2.75) is 25.3 Å². The van der Waals surface area contributed by atoms with Crippen molar-refractivity contribution in [3.8, 4) is 11.5 Å². The number of hydrogen-bond donors (Lipinski definition) is 0. The van der Waals surface area contributed by atoms with Crippen LogP contribution in [0, 0.1) is 11.3 Å². The van der Waals surface area contributed by atoms with Gasteiger partial charge in [0.15, 0.2) is 11.5 Å². The molecular weight excluding hydrogens is 476 g/mol. The fraction of sp³-hybridized carbons (Fsp3) is 0.481. The molecule has 0 unspecified atom stereocenters. The molecule has 10 heteroatoms. The van der Waals surface area contributed by atoms with E-state index in [0.29, 0.717) is 31.1 Å². The number of methoxy groups -OCH3 is 2. The average Bonchev–Trinajstić information content (AvgIpc) is 2.90. The van der Waals surface area contributed by atoms with Crippen molar-refractivity contribution in [3.05, 3.63) is 58.0 Å². The summed E-state index contributed by atoms with van der Waals surface area (Å²) in [7, 11) is 5.92. The highest BCUT2D eigenvalue weighted by Gasteiger charge is 2.56. The van der Waals surface area contributed by atoms with E-state index in [2.05, 4.69) is 4.90 Å². The average molecular weight is 509 g/mol. The molecule has 2 bridgehead atoms. The summed E-state index contributed by atoms with van der Waals surface area (Å²) in [6.45, 7) is 2.07. The highest BCUT2D eigenvalue weighted by molar-refractivity contribution is 6.19. The van der Waals surface area contributed by atoms with Gasteiger partial charge in [-0.25, -0.2) is 4.79 Å². The van der Waals surface area contributed by atoms with Crippen molar-refractivity contribution in [2.24, 2.45) is 11.3 Å². The van der Waals surface area contributed by atoms with Gasteiger partial charge in [0.05, 0.1) is 14.2 Å². The second-order valence-electron chi connectivity index (χ2n) is 10.4. The van der Waals surface area contributed by atoms with E-state index in [1.165, 1.54) is 21.2 Å². The van der Waals surface area contributed by atoms with Crippen LogP contribution in [0.15, 0.2) is 41.2 Å². The Kier molecular flexibility index (Phi) is 6.31. The van der Waals surface area contributed by atoms with Crippen LogP contribution in [-0.4, -0.2) is 85.1 Å². The van der Waals surface area contributed by atoms with Crippen LogP contribution in [-0.2, 0) is 22.6 Å². The Morgan fingerprint density at radius 3 is 2.27 bits per heavy atom. The number of aromatic nitrogens is 1. The number of likely N-dealkylation sites (tertiary alicyclic amines) is 1. The molecule has 5 rings (SSSR count). The van der Waals surface area contributed by atoms with Gasteiger partial charge in [0.25, 0.3) is 5.56 Å². The number of pyridine rings is 1. The molecule has 196 valence electrons. The van der Waals surface area contributed by atoms with Crippen LogP contribution in [0.3, 0.4) is 0 Å². The van der Waals surface area contributed by atoms with Crippen LogP contribution in [0.25, 0.3) is 0 Å². The zero-order valence-corrected chi connectivity index (χ0v) is 21.6. The van der Waals surface area contributed by atoms with Crippen LogP contribution >= 0.6 is 0 Å². The molecule has 3 aliphatic heterocycles. The molecular formula is C27H32N4O6. The van der Waals surface area contributed by atoms with Gasteiger partial charge in [-0.1, -0.05) is 12.1 Å². The number of piperidine rings is 1. The maximum atomic E-state index is 13.8. The summed E-state index contributed by atoms with van der Waals surface area (Å²) in [5.41, 5.74) is 0.238. The number of nitrogens with zero attached hydrogens (tertiary/aromatic N) is 4. The Balaban J connectivity index is 1.51. The molecule has 0 N–H and O–H groups in total. The molecule has 2 atom stereocenters. The van der Waals surface area contributed by atoms with Crippen LogP contribution in [0.1, 0.15) is 23.6 Å². The minimum atomic E-state index is -1.49. The predicted octanol–water partition coefficient (Wildman–Crippen LogP) is 1.56. The summed E-state index contributed by atoms with van der Waals surface area (Å²) in [5.74, 6) is 0.383. The van der Waals surface area contributed by atoms with E-state index < -0.39 is 23.3 Å². The summed E-state index contributed by atoms with van der Waals surface area (Å²) < 4.78 is 12.6. The number of ether oxygens (including phenoxy) is 2. The maximum absolute atomic E-state index is 13.8. The van der Waals surface area contributed by atoms with E-state index in [1.54, 1.807) is 31.4 Å². The number of carbonyl (C=O) groups is 3. The standard InChI is InChI=1S/C27H32N4O6/c1-28-24(33)27(25(34)29(2)26(28)35,12-17-8-9-21(36-3)22(11-17)37-4)16-30-13-18-10-19(15-30)20-6-5-7-23(32)31(20)14-18/h5-9,11,18-19H,10,12-16H2,1-4H3/t18-,19+/m1/s1. The van der Waals surface area contributed by atoms with Crippen LogP contribution in [0.4, 0.5) is 4.79 Å². The highest BCUT2D eigenvalue weighted by Crippen LogP contribution is 2.40. The highest BCUT2D eigenvalue weighted by atomic mass is 16.5. The molecule has 1 aromatic carbocycles. The van der Waals surface area contributed by atoms with Crippen molar-refractivity contribution in [1.29, 1.82) is 0 Å². The van der Waals surface area contributed by atoms with Gasteiger partial charge in [0.2, 0.25) is 11.8 Å². The van der Waals surface area contributed by atoms with Gasteiger partial charge in [0.1, 0.15) is 5.41 Å². The number of amides is 4. The zero-order chi connectivity index (χ0) is 26.5. The fourth-order valence-corrected chi connectivity index (χ4v) is 6.32. The lowest BCUT2D eigenvalue weighted by Crippen LogP contribution is -2.67. The third kappa shape index (κ3) is 4.09. The first-order chi connectivity index (χ1) is 17.7. The van der Waals surface area contributed by atoms with E-state index in [-0.39, 0.29) is 30.4 Å². The molecule has 0 spiro atoms. The van der Waals surface area contributed by atoms with Gasteiger partial charge < -0.3 is 18.9 Å². The molecule has 2 saturated heterocycles. The van der Waals surface area contributed by atoms with Gasteiger partial charge in [-0.05, 0) is 42.5 Å². The van der Waals surface area contributed by atoms with Crippen molar-refractivity contribution >= 4 is 17.8 Å². The SMILES string of the molecule is COc1ccc(CC2(CN3C[C@H]4C[C@@H](C3)c3cccc(=O)n3C4)C(=O)N(C)C(=O)N(C)C2=O)cc1OC. The second-order valence-corrected chi connectivity index (χ2v) is 10.4. The number of urea groups is 1. The molecule has 0 radical (unpaired) electrons. The number of imide groups is 2. The Labute approximate surface area is 215 Å². The zero-order valence-electron chi connectivity index (χ0n) is 21.6. The van der Waals surface area contributed by atoms with E-state index in [0.717, 1.165) is 27.5 Å². The molecule has 3 aliphatic rings. The van der Waals surface area contributed by atoms with Crippen LogP contribution < -0.4 is 15.0 Å². The lowest BCUT2D eigenvalue weighted by atomic mass is 9.75. The topological polar surface area (TPSA) is 101 Å². The van der Waals surface area contributed by atoms with Crippen molar-refractivity contribution in [2.75, 3.05) is 47.9 Å². The number of rotatable bonds is 6. The lowest BCUT2D eigenvalue weighted by molar-refractivity contribution is -0.159. The second kappa shape index (κ2) is 9.33. The quantitative estimate of drug-likeness (QED) is 0.546. The molecule has 2 aromatic rings. The number of benzene rings is 1. The smallest absolute Gasteiger partial charge is 0.332 e. The first-order valence-electron chi connectivity index (χ1n) is 12.4. The number of carbonyl (C=O) groups excluding carboxylic acids is 3. The van der Waals surface area contributed by atoms with Crippen molar-refractivity contribution in [3.63, 3.8) is 0 Å². The largest absolute Gasteiger partial charge is 0.493 e. The molecule has 1 aromatic heterocycles. The molecule has 4 amide bonds. The normalized spacial score (nSPS) is 23.2. The number of fused-ring (bicyclic) bond motifs is 4. The van der Waals surface area contributed by atoms with Gasteiger partial charge in [0, 0.05) is 58.0 Å². The maximum Gasteiger partial charge on any atom is 0.332 e. The van der Waals surface area contributed by atoms with Gasteiger partial charge in [-0.2, -0.15) is 0 Å². The Hall–Kier alpha value is -3.66. The van der Waals surface area contributed by atoms with Crippen LogP contribution in [0.5, 0.6) is 11.5 Å². The van der Waals surface area contributed by atoms with Gasteiger partial charge in [-0.3, -0.25) is 24.2 Å². The predicted molar refractivity (Wildman–Crippen MR) is 135 cm³/mol. The molecule has 0 aliphatic carbocycles. The van der Waals surface area contributed by atoms with Gasteiger partial charge in [-0.15, -0.1) is 0 Å². The molecule has 37 heavy (non-hydrogen) atoms. The summed E-state index contributed by atoms with van der Waals surface area (Å²) in [4.78, 5) is 56.9. The lowest BCUT2D eigenvalue weighted by Gasteiger charge is -2.48. The molecule has 4 heterocycles. The Bertz CT molecular complexity index is 1300. The minimum Gasteiger partial charge on any atom is -0.493 e. The first-order valence-corrected chi connectivity index (χ1v) is 12.4. The number of barbiturate groups is 1. The first kappa shape index (κ1) is 25.0. The third-order valence-electron chi connectivity index (χ3n) is 8.00. The summed E-state index contributed by atoms with van der Waals surface area (Å²) in [5, 5.41) is 0. The van der Waals surface area contributed by atoms with Crippen molar-refractivity contribution < 1.29 is 23.9 Å². The summed E-state index contributed by atoms with van der Waals surface area (Å²) >= 11 is 0. The Morgan fingerprint density at radius 2 is 1.59 bits per heavy atom. The van der Waals surface area contributed by atoms with E-state index >= 15 is 0 Å². The third-order valence-corrected chi connectivity index (χ3v) is 8.00. The van der Waals surface area contributed by atoms with E-state index in [4.69, 9.17) is 9.47 Å². The summed E-state index contributed by atoms with van der Waals surface area (Å²) in [6.07, 6.45) is 1.07. The minimum absolute atomic E-state index is 0.00460. The van der Waals surface area contributed by atoms with Crippen LogP contribution in [0.2, 0.25) is 0 Å². The van der Waals surface area contributed by atoms with Gasteiger partial charge >= 0.3 is 6.03 Å². The van der Waals surface area contributed by atoms with E-state index in [9.17, 15) is 19.2 Å². The van der Waals surface area contributed by atoms with E-state index in [1.807, 2.05) is 16.7 Å². The molecule has 10 nitrogen and oxygen atoms in total. The molecule has 2 fully saturated rings. The summed E-state index contributed by atoms with van der Waals surface area (Å²) in [6, 6.07) is 10.1. The monoisotopic (exact) mass is 508 g/mol. The van der Waals surface area contributed by atoms with Crippen molar-refractivity contribution in [1.82, 2.24) is 19.3 Å². The number of hydrogen-bond acceptors (Lipinski definition) is 7.